The van der Waals surface area contributed by atoms with Gasteiger partial charge in [-0.3, -0.25) is 9.88 Å². The molecule has 0 aliphatic carbocycles. The molecule has 0 aliphatic heterocycles. The van der Waals surface area contributed by atoms with Crippen molar-refractivity contribution in [3.8, 4) is 0 Å². The van der Waals surface area contributed by atoms with Crippen LogP contribution in [0.2, 0.25) is 0 Å². The Morgan fingerprint density at radius 2 is 2.33 bits per heavy atom. The Labute approximate surface area is 100 Å². The second-order valence-electron chi connectivity index (χ2n) is 3.52. The number of hydrogen-bond acceptors (Lipinski definition) is 3. The highest BCUT2D eigenvalue weighted by atomic mass is 79.9. The topological polar surface area (TPSA) is 28.2 Å². The molecule has 1 rings (SSSR count). The van der Waals surface area contributed by atoms with E-state index in [0.717, 1.165) is 36.3 Å². The number of likely N-dealkylation sites (N-methyl/N-ethyl adjacent to an activating group) is 2. The molecule has 4 heteroatoms. The second kappa shape index (κ2) is 6.93. The summed E-state index contributed by atoms with van der Waals surface area (Å²) in [6, 6.07) is 3.96. The van der Waals surface area contributed by atoms with E-state index in [1.54, 1.807) is 0 Å². The molecule has 0 aliphatic rings. The molecule has 0 amide bonds. The molecule has 0 radical (unpaired) electrons. The molecule has 3 nitrogen and oxygen atoms in total. The summed E-state index contributed by atoms with van der Waals surface area (Å²) in [6.45, 7) is 6.09. The Morgan fingerprint density at radius 1 is 1.53 bits per heavy atom. The largest absolute Gasteiger partial charge is 0.316 e. The molecule has 0 unspecified atom stereocenters. The standard InChI is InChI=1S/C11H18BrN3/c1-3-13-7-8-15(2)9-11-10(12)5-4-6-14-11/h4-6,13H,3,7-9H2,1-2H3. The van der Waals surface area contributed by atoms with E-state index in [2.05, 4.69) is 45.1 Å². The van der Waals surface area contributed by atoms with Crippen molar-refractivity contribution in [3.63, 3.8) is 0 Å². The Kier molecular flexibility index (Phi) is 5.83. The lowest BCUT2D eigenvalue weighted by molar-refractivity contribution is 0.321. The molecule has 1 heterocycles. The molecule has 0 fully saturated rings. The van der Waals surface area contributed by atoms with Crippen LogP contribution in [0, 0.1) is 0 Å². The summed E-state index contributed by atoms with van der Waals surface area (Å²) in [5, 5.41) is 3.31. The minimum atomic E-state index is 0.882. The number of hydrogen-bond donors (Lipinski definition) is 1. The average Bonchev–Trinajstić information content (AvgIpc) is 2.22. The molecule has 84 valence electrons. The van der Waals surface area contributed by atoms with Crippen molar-refractivity contribution in [2.45, 2.75) is 13.5 Å². The maximum Gasteiger partial charge on any atom is 0.0685 e. The highest BCUT2D eigenvalue weighted by Crippen LogP contribution is 2.14. The van der Waals surface area contributed by atoms with Gasteiger partial charge < -0.3 is 5.32 Å². The summed E-state index contributed by atoms with van der Waals surface area (Å²) in [5.74, 6) is 0. The monoisotopic (exact) mass is 271 g/mol. The molecule has 0 spiro atoms. The van der Waals surface area contributed by atoms with E-state index in [1.807, 2.05) is 18.3 Å². The fourth-order valence-corrected chi connectivity index (χ4v) is 1.70. The number of aromatic nitrogens is 1. The van der Waals surface area contributed by atoms with Crippen LogP contribution in [-0.2, 0) is 6.54 Å². The predicted octanol–water partition coefficient (Wildman–Crippen LogP) is 1.89. The van der Waals surface area contributed by atoms with E-state index < -0.39 is 0 Å². The first kappa shape index (κ1) is 12.6. The molecule has 0 aromatic carbocycles. The van der Waals surface area contributed by atoms with Crippen molar-refractivity contribution in [2.24, 2.45) is 0 Å². The fourth-order valence-electron chi connectivity index (χ4n) is 1.32. The summed E-state index contributed by atoms with van der Waals surface area (Å²) in [5.41, 5.74) is 1.09. The lowest BCUT2D eigenvalue weighted by Crippen LogP contribution is -2.29. The van der Waals surface area contributed by atoms with E-state index in [1.165, 1.54) is 0 Å². The molecule has 0 saturated carbocycles. The Bertz CT molecular complexity index is 291. The first-order valence-electron chi connectivity index (χ1n) is 5.22. The number of nitrogens with one attached hydrogen (secondary N) is 1. The fraction of sp³-hybridized carbons (Fsp3) is 0.545. The van der Waals surface area contributed by atoms with Crippen molar-refractivity contribution in [3.05, 3.63) is 28.5 Å². The average molecular weight is 272 g/mol. The third kappa shape index (κ3) is 4.73. The van der Waals surface area contributed by atoms with Crippen molar-refractivity contribution < 1.29 is 0 Å². The second-order valence-corrected chi connectivity index (χ2v) is 4.38. The first-order valence-corrected chi connectivity index (χ1v) is 6.02. The van der Waals surface area contributed by atoms with E-state index in [0.29, 0.717) is 0 Å². The van der Waals surface area contributed by atoms with Crippen LogP contribution < -0.4 is 5.32 Å². The molecule has 1 aromatic heterocycles. The molecular weight excluding hydrogens is 254 g/mol. The summed E-state index contributed by atoms with van der Waals surface area (Å²) in [4.78, 5) is 6.60. The number of nitrogens with zero attached hydrogens (tertiary/aromatic N) is 2. The van der Waals surface area contributed by atoms with Gasteiger partial charge in [-0.1, -0.05) is 6.92 Å². The van der Waals surface area contributed by atoms with Gasteiger partial charge in [0.2, 0.25) is 0 Å². The van der Waals surface area contributed by atoms with Gasteiger partial charge in [0, 0.05) is 30.3 Å². The normalized spacial score (nSPS) is 10.9. The lowest BCUT2D eigenvalue weighted by atomic mass is 10.3. The summed E-state index contributed by atoms with van der Waals surface area (Å²) in [6.07, 6.45) is 1.83. The van der Waals surface area contributed by atoms with Crippen LogP contribution in [0.15, 0.2) is 22.8 Å². The van der Waals surface area contributed by atoms with E-state index >= 15 is 0 Å². The number of pyridine rings is 1. The van der Waals surface area contributed by atoms with Crippen molar-refractivity contribution in [1.29, 1.82) is 0 Å². The van der Waals surface area contributed by atoms with Crippen LogP contribution >= 0.6 is 15.9 Å². The van der Waals surface area contributed by atoms with Crippen LogP contribution in [0.25, 0.3) is 0 Å². The predicted molar refractivity (Wildman–Crippen MR) is 66.8 cm³/mol. The lowest BCUT2D eigenvalue weighted by Gasteiger charge is -2.16. The van der Waals surface area contributed by atoms with Crippen LogP contribution in [-0.4, -0.2) is 36.6 Å². The van der Waals surface area contributed by atoms with Gasteiger partial charge in [0.05, 0.1) is 5.69 Å². The first-order chi connectivity index (χ1) is 7.24. The van der Waals surface area contributed by atoms with Gasteiger partial charge in [-0.25, -0.2) is 0 Å². The third-order valence-corrected chi connectivity index (χ3v) is 2.90. The molecule has 15 heavy (non-hydrogen) atoms. The molecule has 1 N–H and O–H groups in total. The quantitative estimate of drug-likeness (QED) is 0.801. The molecule has 0 atom stereocenters. The maximum atomic E-state index is 4.34. The zero-order valence-corrected chi connectivity index (χ0v) is 10.9. The Balaban J connectivity index is 2.37. The smallest absolute Gasteiger partial charge is 0.0685 e. The molecule has 0 saturated heterocycles. The molecule has 1 aromatic rings. The Hall–Kier alpha value is -0.450. The van der Waals surface area contributed by atoms with E-state index in [9.17, 15) is 0 Å². The SMILES string of the molecule is CCNCCN(C)Cc1ncccc1Br. The van der Waals surface area contributed by atoms with Gasteiger partial charge in [0.25, 0.3) is 0 Å². The number of rotatable bonds is 6. The van der Waals surface area contributed by atoms with Crippen molar-refractivity contribution in [2.75, 3.05) is 26.7 Å². The van der Waals surface area contributed by atoms with Crippen LogP contribution in [0.3, 0.4) is 0 Å². The Morgan fingerprint density at radius 3 is 3.00 bits per heavy atom. The van der Waals surface area contributed by atoms with Gasteiger partial charge in [-0.15, -0.1) is 0 Å². The van der Waals surface area contributed by atoms with Gasteiger partial charge in [-0.05, 0) is 41.7 Å². The van der Waals surface area contributed by atoms with Crippen molar-refractivity contribution >= 4 is 15.9 Å². The van der Waals surface area contributed by atoms with Gasteiger partial charge in [0.1, 0.15) is 0 Å². The summed E-state index contributed by atoms with van der Waals surface area (Å²) >= 11 is 3.50. The van der Waals surface area contributed by atoms with Gasteiger partial charge in [0.15, 0.2) is 0 Å². The summed E-state index contributed by atoms with van der Waals surface area (Å²) in [7, 11) is 2.11. The van der Waals surface area contributed by atoms with Crippen molar-refractivity contribution in [1.82, 2.24) is 15.2 Å². The highest BCUT2D eigenvalue weighted by molar-refractivity contribution is 9.10. The third-order valence-electron chi connectivity index (χ3n) is 2.17. The van der Waals surface area contributed by atoms with Crippen LogP contribution in [0.4, 0.5) is 0 Å². The zero-order valence-electron chi connectivity index (χ0n) is 9.33. The minimum Gasteiger partial charge on any atom is -0.316 e. The maximum absolute atomic E-state index is 4.34. The van der Waals surface area contributed by atoms with Gasteiger partial charge in [-0.2, -0.15) is 0 Å². The van der Waals surface area contributed by atoms with Crippen LogP contribution in [0.1, 0.15) is 12.6 Å². The van der Waals surface area contributed by atoms with Gasteiger partial charge >= 0.3 is 0 Å². The highest BCUT2D eigenvalue weighted by Gasteiger charge is 2.03. The van der Waals surface area contributed by atoms with Crippen LogP contribution in [0.5, 0.6) is 0 Å². The number of halogens is 1. The van der Waals surface area contributed by atoms with E-state index in [-0.39, 0.29) is 0 Å². The van der Waals surface area contributed by atoms with E-state index in [4.69, 9.17) is 0 Å². The zero-order chi connectivity index (χ0) is 11.1. The summed E-state index contributed by atoms with van der Waals surface area (Å²) < 4.78 is 1.08. The molecular formula is C11H18BrN3. The minimum absolute atomic E-state index is 0.882. The molecule has 0 bridgehead atoms.